The molecule has 0 radical (unpaired) electrons. The number of fused-ring (bicyclic) bond motifs is 1. The van der Waals surface area contributed by atoms with E-state index in [4.69, 9.17) is 4.74 Å². The third-order valence-electron chi connectivity index (χ3n) is 5.34. The van der Waals surface area contributed by atoms with E-state index in [1.165, 1.54) is 28.2 Å². The van der Waals surface area contributed by atoms with Crippen molar-refractivity contribution in [2.45, 2.75) is 45.1 Å². The van der Waals surface area contributed by atoms with E-state index in [1.807, 2.05) is 73.7 Å². The van der Waals surface area contributed by atoms with Crippen molar-refractivity contribution in [1.82, 2.24) is 0 Å². The zero-order chi connectivity index (χ0) is 20.9. The summed E-state index contributed by atoms with van der Waals surface area (Å²) < 4.78 is 5.73. The van der Waals surface area contributed by atoms with E-state index in [1.54, 1.807) is 4.90 Å². The Balaban J connectivity index is 1.58. The number of thiophene rings is 1. The lowest BCUT2D eigenvalue weighted by molar-refractivity contribution is -0.126. The number of esters is 1. The first-order valence-corrected chi connectivity index (χ1v) is 11.3. The van der Waals surface area contributed by atoms with Gasteiger partial charge in [-0.1, -0.05) is 43.3 Å². The summed E-state index contributed by atoms with van der Waals surface area (Å²) in [6, 6.07) is 20.9. The summed E-state index contributed by atoms with van der Waals surface area (Å²) in [6.07, 6.45) is 3.94. The van der Waals surface area contributed by atoms with Gasteiger partial charge >= 0.3 is 5.97 Å². The fourth-order valence-corrected chi connectivity index (χ4v) is 4.93. The highest BCUT2D eigenvalue weighted by Gasteiger charge is 2.30. The Labute approximate surface area is 181 Å². The Morgan fingerprint density at radius 3 is 2.13 bits per heavy atom. The predicted octanol–water partition coefficient (Wildman–Crippen LogP) is 5.93. The van der Waals surface area contributed by atoms with Crippen molar-refractivity contribution in [2.24, 2.45) is 0 Å². The van der Waals surface area contributed by atoms with Crippen LogP contribution in [0.5, 0.6) is 0 Å². The molecule has 1 amide bonds. The fraction of sp³-hybridized carbons (Fsp3) is 0.280. The van der Waals surface area contributed by atoms with Gasteiger partial charge in [-0.2, -0.15) is 0 Å². The Morgan fingerprint density at radius 1 is 0.967 bits per heavy atom. The lowest BCUT2D eigenvalue weighted by Gasteiger charge is -2.27. The molecule has 0 aliphatic heterocycles. The molecule has 0 spiro atoms. The maximum atomic E-state index is 13.5. The van der Waals surface area contributed by atoms with Crippen LogP contribution in [0.1, 0.15) is 46.3 Å². The molecule has 0 bridgehead atoms. The molecule has 30 heavy (non-hydrogen) atoms. The monoisotopic (exact) mass is 419 g/mol. The van der Waals surface area contributed by atoms with Crippen molar-refractivity contribution in [3.8, 4) is 0 Å². The van der Waals surface area contributed by atoms with Crippen LogP contribution in [0, 0.1) is 0 Å². The minimum Gasteiger partial charge on any atom is -0.448 e. The zero-order valence-corrected chi connectivity index (χ0v) is 17.9. The van der Waals surface area contributed by atoms with Gasteiger partial charge in [-0.15, -0.1) is 11.3 Å². The number of benzene rings is 2. The van der Waals surface area contributed by atoms with Gasteiger partial charge in [0.2, 0.25) is 0 Å². The highest BCUT2D eigenvalue weighted by Crippen LogP contribution is 2.31. The van der Waals surface area contributed by atoms with Crippen molar-refractivity contribution in [2.75, 3.05) is 4.90 Å². The zero-order valence-electron chi connectivity index (χ0n) is 17.0. The molecule has 154 valence electrons. The fourth-order valence-electron chi connectivity index (χ4n) is 3.79. The van der Waals surface area contributed by atoms with Gasteiger partial charge in [-0.25, -0.2) is 4.79 Å². The number of hydrogen-bond acceptors (Lipinski definition) is 4. The molecule has 0 saturated carbocycles. The Morgan fingerprint density at radius 2 is 1.57 bits per heavy atom. The van der Waals surface area contributed by atoms with Crippen molar-refractivity contribution >= 4 is 34.6 Å². The maximum Gasteiger partial charge on any atom is 0.349 e. The van der Waals surface area contributed by atoms with E-state index in [2.05, 4.69) is 0 Å². The van der Waals surface area contributed by atoms with Gasteiger partial charge in [0.1, 0.15) is 4.88 Å². The minimum absolute atomic E-state index is 0.246. The van der Waals surface area contributed by atoms with Crippen LogP contribution >= 0.6 is 11.3 Å². The number of carbonyl (C=O) groups excluding carboxylic acids is 2. The Kier molecular flexibility index (Phi) is 6.29. The molecule has 1 heterocycles. The van der Waals surface area contributed by atoms with Crippen molar-refractivity contribution in [3.63, 3.8) is 0 Å². The molecule has 1 aliphatic carbocycles. The number of aryl methyl sites for hydroxylation is 2. The molecule has 3 aromatic rings. The molecule has 1 aromatic heterocycles. The van der Waals surface area contributed by atoms with E-state index < -0.39 is 12.1 Å². The summed E-state index contributed by atoms with van der Waals surface area (Å²) in [5.74, 6) is -0.653. The van der Waals surface area contributed by atoms with Crippen LogP contribution in [0.3, 0.4) is 0 Å². The second-order valence-electron chi connectivity index (χ2n) is 7.41. The average molecular weight is 420 g/mol. The first-order valence-electron chi connectivity index (χ1n) is 10.4. The predicted molar refractivity (Wildman–Crippen MR) is 120 cm³/mol. The SMILES string of the molecule is CCC(OC(=O)c1cc2c(s1)CCCC2)C(=O)N(c1ccccc1)c1ccccc1. The standard InChI is InChI=1S/C25H25NO3S/c1-2-21(29-25(28)23-17-18-11-9-10-16-22(18)30-23)24(27)26(19-12-5-3-6-13-19)20-14-7-4-8-15-20/h3-8,12-15,17,21H,2,9-11,16H2,1H3. The first-order chi connectivity index (χ1) is 14.7. The summed E-state index contributed by atoms with van der Waals surface area (Å²) in [4.78, 5) is 29.8. The summed E-state index contributed by atoms with van der Waals surface area (Å²) in [7, 11) is 0. The minimum atomic E-state index is -0.850. The highest BCUT2D eigenvalue weighted by atomic mass is 32.1. The van der Waals surface area contributed by atoms with Gasteiger partial charge in [0.25, 0.3) is 5.91 Å². The van der Waals surface area contributed by atoms with Crippen molar-refractivity contribution in [3.05, 3.63) is 82.0 Å². The number of hydrogen-bond donors (Lipinski definition) is 0. The van der Waals surface area contributed by atoms with E-state index >= 15 is 0 Å². The molecular formula is C25H25NO3S. The van der Waals surface area contributed by atoms with Gasteiger partial charge < -0.3 is 4.74 Å². The smallest absolute Gasteiger partial charge is 0.349 e. The van der Waals surface area contributed by atoms with Gasteiger partial charge in [0.05, 0.1) is 0 Å². The number of rotatable bonds is 6. The van der Waals surface area contributed by atoms with Crippen LogP contribution in [0.25, 0.3) is 0 Å². The second kappa shape index (κ2) is 9.26. The maximum absolute atomic E-state index is 13.5. The highest BCUT2D eigenvalue weighted by molar-refractivity contribution is 7.14. The molecular weight excluding hydrogens is 394 g/mol. The molecule has 5 heteroatoms. The molecule has 1 atom stereocenters. The number of anilines is 2. The van der Waals surface area contributed by atoms with Gasteiger partial charge in [-0.05, 0) is 68.0 Å². The first kappa shape index (κ1) is 20.4. The van der Waals surface area contributed by atoms with Gasteiger partial charge in [0, 0.05) is 16.3 Å². The second-order valence-corrected chi connectivity index (χ2v) is 8.55. The van der Waals surface area contributed by atoms with Crippen LogP contribution in [-0.2, 0) is 22.4 Å². The Hall–Kier alpha value is -2.92. The third kappa shape index (κ3) is 4.31. The third-order valence-corrected chi connectivity index (χ3v) is 6.56. The van der Waals surface area contributed by atoms with Crippen molar-refractivity contribution < 1.29 is 14.3 Å². The Bertz CT molecular complexity index is 950. The molecule has 4 rings (SSSR count). The van der Waals surface area contributed by atoms with E-state index in [0.717, 1.165) is 30.6 Å². The van der Waals surface area contributed by atoms with Crippen molar-refractivity contribution in [1.29, 1.82) is 0 Å². The summed E-state index contributed by atoms with van der Waals surface area (Å²) in [5.41, 5.74) is 2.75. The van der Waals surface area contributed by atoms with E-state index in [9.17, 15) is 9.59 Å². The average Bonchev–Trinajstić information content (AvgIpc) is 3.23. The molecule has 1 aliphatic rings. The number of para-hydroxylation sites is 2. The quantitative estimate of drug-likeness (QED) is 0.466. The lowest BCUT2D eigenvalue weighted by Crippen LogP contribution is -2.38. The largest absolute Gasteiger partial charge is 0.448 e. The molecule has 0 fully saturated rings. The van der Waals surface area contributed by atoms with Crippen LogP contribution in [0.15, 0.2) is 66.7 Å². The van der Waals surface area contributed by atoms with E-state index in [0.29, 0.717) is 11.3 Å². The number of carbonyl (C=O) groups is 2. The summed E-state index contributed by atoms with van der Waals surface area (Å²) in [6.45, 7) is 1.86. The number of nitrogens with zero attached hydrogens (tertiary/aromatic N) is 1. The lowest BCUT2D eigenvalue weighted by atomic mass is 9.99. The van der Waals surface area contributed by atoms with Gasteiger partial charge in [0.15, 0.2) is 6.10 Å². The molecule has 2 aromatic carbocycles. The summed E-state index contributed by atoms with van der Waals surface area (Å²) >= 11 is 1.51. The van der Waals surface area contributed by atoms with Gasteiger partial charge in [-0.3, -0.25) is 9.69 Å². The number of ether oxygens (including phenoxy) is 1. The van der Waals surface area contributed by atoms with Crippen LogP contribution < -0.4 is 4.90 Å². The normalized spacial score (nSPS) is 13.9. The molecule has 0 saturated heterocycles. The molecule has 1 unspecified atom stereocenters. The van der Waals surface area contributed by atoms with Crippen LogP contribution in [0.4, 0.5) is 11.4 Å². The number of amides is 1. The molecule has 4 nitrogen and oxygen atoms in total. The topological polar surface area (TPSA) is 46.6 Å². The van der Waals surface area contributed by atoms with Crippen LogP contribution in [-0.4, -0.2) is 18.0 Å². The summed E-state index contributed by atoms with van der Waals surface area (Å²) in [5, 5.41) is 0. The van der Waals surface area contributed by atoms with Crippen LogP contribution in [0.2, 0.25) is 0 Å². The molecule has 0 N–H and O–H groups in total. The van der Waals surface area contributed by atoms with E-state index in [-0.39, 0.29) is 5.91 Å².